The van der Waals surface area contributed by atoms with Gasteiger partial charge < -0.3 is 0 Å². The molecule has 1 saturated heterocycles. The van der Waals surface area contributed by atoms with Crippen LogP contribution in [0.4, 0.5) is 0 Å². The Bertz CT molecular complexity index is 1110. The fourth-order valence-corrected chi connectivity index (χ4v) is 5.14. The minimum atomic E-state index is -1.11. The van der Waals surface area contributed by atoms with E-state index in [1.165, 1.54) is 25.1 Å². The Morgan fingerprint density at radius 2 is 1.55 bits per heavy atom. The molecule has 0 unspecified atom stereocenters. The van der Waals surface area contributed by atoms with E-state index in [1.54, 1.807) is 24.3 Å². The van der Waals surface area contributed by atoms with Gasteiger partial charge in [-0.2, -0.15) is 5.01 Å². The van der Waals surface area contributed by atoms with Gasteiger partial charge in [-0.3, -0.25) is 19.2 Å². The molecule has 172 valence electrons. The summed E-state index contributed by atoms with van der Waals surface area (Å²) in [6.45, 7) is 3.42. The Morgan fingerprint density at radius 1 is 0.970 bits per heavy atom. The van der Waals surface area contributed by atoms with Crippen LogP contribution in [-0.4, -0.2) is 39.6 Å². The molecule has 0 N–H and O–H groups in total. The number of amides is 3. The summed E-state index contributed by atoms with van der Waals surface area (Å²) in [5.74, 6) is -2.90. The Morgan fingerprint density at radius 3 is 2.09 bits per heavy atom. The average molecular weight is 487 g/mol. The van der Waals surface area contributed by atoms with E-state index in [0.717, 1.165) is 28.4 Å². The number of carbonyl (C=O) groups excluding carboxylic acids is 4. The van der Waals surface area contributed by atoms with Crippen LogP contribution < -0.4 is 0 Å². The summed E-state index contributed by atoms with van der Waals surface area (Å²) in [4.78, 5) is 53.7. The molecule has 2 aliphatic rings. The molecule has 2 fully saturated rings. The molecule has 3 atom stereocenters. The highest BCUT2D eigenvalue weighted by Gasteiger charge is 2.53. The van der Waals surface area contributed by atoms with Crippen molar-refractivity contribution in [2.45, 2.75) is 45.6 Å². The van der Waals surface area contributed by atoms with Crippen LogP contribution in [0.5, 0.6) is 0 Å². The summed E-state index contributed by atoms with van der Waals surface area (Å²) in [6, 6.07) is 10.2. The molecule has 33 heavy (non-hydrogen) atoms. The summed E-state index contributed by atoms with van der Waals surface area (Å²) < 4.78 is 0. The molecule has 1 aliphatic carbocycles. The number of rotatable bonds is 5. The number of carbonyl (C=O) groups is 4. The fourth-order valence-electron chi connectivity index (χ4n) is 4.65. The number of fused-ring (bicyclic) bond motifs is 1. The Kier molecular flexibility index (Phi) is 6.59. The molecule has 2 aromatic carbocycles. The van der Waals surface area contributed by atoms with Crippen LogP contribution >= 0.6 is 23.2 Å². The third-order valence-corrected chi connectivity index (χ3v) is 7.03. The van der Waals surface area contributed by atoms with Crippen LogP contribution in [0.15, 0.2) is 42.5 Å². The summed E-state index contributed by atoms with van der Waals surface area (Å²) in [7, 11) is 0. The smallest absolute Gasteiger partial charge is 0.275 e. The number of Topliss-reactive ketones (excluding diaryl/α,β-unsaturated/α-hetero) is 1. The number of aryl methyl sites for hydroxylation is 1. The third kappa shape index (κ3) is 4.30. The number of imide groups is 1. The van der Waals surface area contributed by atoms with Crippen molar-refractivity contribution in [1.82, 2.24) is 10.0 Å². The normalized spacial score (nSPS) is 21.0. The van der Waals surface area contributed by atoms with Crippen molar-refractivity contribution in [2.24, 2.45) is 11.8 Å². The zero-order chi connectivity index (χ0) is 23.9. The van der Waals surface area contributed by atoms with Gasteiger partial charge >= 0.3 is 0 Å². The van der Waals surface area contributed by atoms with E-state index in [1.807, 2.05) is 6.92 Å². The summed E-state index contributed by atoms with van der Waals surface area (Å²) >= 11 is 12.3. The Balaban J connectivity index is 1.77. The average Bonchev–Trinajstić information content (AvgIpc) is 3.04. The number of halogens is 2. The first-order chi connectivity index (χ1) is 15.7. The zero-order valence-electron chi connectivity index (χ0n) is 18.4. The van der Waals surface area contributed by atoms with Crippen molar-refractivity contribution < 1.29 is 19.2 Å². The van der Waals surface area contributed by atoms with Crippen molar-refractivity contribution >= 4 is 46.7 Å². The van der Waals surface area contributed by atoms with Gasteiger partial charge in [0, 0.05) is 10.6 Å². The maximum absolute atomic E-state index is 13.7. The van der Waals surface area contributed by atoms with Gasteiger partial charge in [0.15, 0.2) is 5.78 Å². The van der Waals surface area contributed by atoms with E-state index >= 15 is 0 Å². The molecular formula is C25H24Cl2N2O4. The third-order valence-electron chi connectivity index (χ3n) is 6.49. The van der Waals surface area contributed by atoms with Crippen LogP contribution in [0.1, 0.15) is 58.9 Å². The highest BCUT2D eigenvalue weighted by molar-refractivity contribution is 6.36. The molecule has 1 saturated carbocycles. The number of benzene rings is 2. The molecule has 0 bridgehead atoms. The number of hydrazine groups is 1. The van der Waals surface area contributed by atoms with Crippen molar-refractivity contribution in [1.29, 1.82) is 0 Å². The zero-order valence-corrected chi connectivity index (χ0v) is 19.9. The van der Waals surface area contributed by atoms with Gasteiger partial charge in [0.25, 0.3) is 17.7 Å². The molecule has 0 spiro atoms. The van der Waals surface area contributed by atoms with Crippen LogP contribution in [0.2, 0.25) is 10.0 Å². The molecule has 0 aromatic heterocycles. The number of hydrogen-bond donors (Lipinski definition) is 0. The minimum absolute atomic E-state index is 0.0556. The van der Waals surface area contributed by atoms with E-state index < -0.39 is 35.6 Å². The van der Waals surface area contributed by atoms with E-state index in [0.29, 0.717) is 23.4 Å². The molecule has 2 aromatic rings. The van der Waals surface area contributed by atoms with Gasteiger partial charge in [0.1, 0.15) is 6.04 Å². The van der Waals surface area contributed by atoms with E-state index in [2.05, 4.69) is 0 Å². The number of nitrogens with zero attached hydrogens (tertiary/aromatic N) is 2. The molecule has 8 heteroatoms. The summed E-state index contributed by atoms with van der Waals surface area (Å²) in [5.41, 5.74) is 1.42. The maximum Gasteiger partial charge on any atom is 0.275 e. The second-order valence-electron chi connectivity index (χ2n) is 8.67. The first-order valence-corrected chi connectivity index (χ1v) is 11.7. The second kappa shape index (κ2) is 9.27. The van der Waals surface area contributed by atoms with Gasteiger partial charge in [-0.1, -0.05) is 65.9 Å². The molecule has 6 nitrogen and oxygen atoms in total. The SMILES string of the molecule is Cc1ccc(C(=O)[C@@H](C)N(C(=O)c2ccc(Cl)cc2Cl)N2C(=O)[C@H]3CCCC[C@H]3C2=O)cc1. The van der Waals surface area contributed by atoms with Gasteiger partial charge in [0.05, 0.1) is 22.4 Å². The molecule has 1 heterocycles. The van der Waals surface area contributed by atoms with Crippen LogP contribution in [0, 0.1) is 18.8 Å². The lowest BCUT2D eigenvalue weighted by molar-refractivity contribution is -0.156. The fraction of sp³-hybridized carbons (Fsp3) is 0.360. The van der Waals surface area contributed by atoms with Crippen LogP contribution in [0.25, 0.3) is 0 Å². The first kappa shape index (κ1) is 23.5. The van der Waals surface area contributed by atoms with Crippen LogP contribution in [0.3, 0.4) is 0 Å². The van der Waals surface area contributed by atoms with E-state index in [4.69, 9.17) is 23.2 Å². The predicted molar refractivity (Wildman–Crippen MR) is 125 cm³/mol. The monoisotopic (exact) mass is 486 g/mol. The van der Waals surface area contributed by atoms with Gasteiger partial charge in [-0.05, 0) is 44.9 Å². The molecular weight excluding hydrogens is 463 g/mol. The highest BCUT2D eigenvalue weighted by Crippen LogP contribution is 2.40. The van der Waals surface area contributed by atoms with Crippen molar-refractivity contribution in [3.05, 3.63) is 69.2 Å². The van der Waals surface area contributed by atoms with Gasteiger partial charge in [0.2, 0.25) is 0 Å². The molecule has 4 rings (SSSR count). The van der Waals surface area contributed by atoms with Crippen molar-refractivity contribution in [3.63, 3.8) is 0 Å². The largest absolute Gasteiger partial charge is 0.292 e. The Labute approximate surface area is 202 Å². The molecule has 0 radical (unpaired) electrons. The lowest BCUT2D eigenvalue weighted by Gasteiger charge is -2.35. The van der Waals surface area contributed by atoms with Crippen molar-refractivity contribution in [3.8, 4) is 0 Å². The highest BCUT2D eigenvalue weighted by atomic mass is 35.5. The predicted octanol–water partition coefficient (Wildman–Crippen LogP) is 5.11. The van der Waals surface area contributed by atoms with E-state index in [-0.39, 0.29) is 16.4 Å². The first-order valence-electron chi connectivity index (χ1n) is 11.0. The molecule has 3 amide bonds. The minimum Gasteiger partial charge on any atom is -0.292 e. The van der Waals surface area contributed by atoms with Gasteiger partial charge in [-0.15, -0.1) is 0 Å². The maximum atomic E-state index is 13.7. The standard InChI is InChI=1S/C25H24Cl2N2O4/c1-14-7-9-16(10-8-14)22(30)15(2)28(25(33)20-12-11-17(26)13-21(20)27)29-23(31)18-5-3-4-6-19(18)24(29)32/h7-13,15,18-19H,3-6H2,1-2H3/t15-,18-,19+/m1/s1. The van der Waals surface area contributed by atoms with Crippen LogP contribution in [-0.2, 0) is 9.59 Å². The Hall–Kier alpha value is -2.70. The number of hydrogen-bond acceptors (Lipinski definition) is 4. The van der Waals surface area contributed by atoms with E-state index in [9.17, 15) is 19.2 Å². The van der Waals surface area contributed by atoms with Gasteiger partial charge in [-0.25, -0.2) is 5.01 Å². The van der Waals surface area contributed by atoms with Crippen molar-refractivity contribution in [2.75, 3.05) is 0 Å². The lowest BCUT2D eigenvalue weighted by Crippen LogP contribution is -2.56. The molecule has 1 aliphatic heterocycles. The number of ketones is 1. The second-order valence-corrected chi connectivity index (χ2v) is 9.51. The lowest BCUT2D eigenvalue weighted by atomic mass is 9.81. The quantitative estimate of drug-likeness (QED) is 0.434. The summed E-state index contributed by atoms with van der Waals surface area (Å²) in [6.07, 6.45) is 2.89. The topological polar surface area (TPSA) is 74.8 Å². The summed E-state index contributed by atoms with van der Waals surface area (Å²) in [5, 5.41) is 2.29.